The number of carboxylic acid groups (broad SMARTS) is 1. The molecule has 1 aromatic rings. The zero-order valence-corrected chi connectivity index (χ0v) is 11.6. The Hall–Kier alpha value is -1.89. The fourth-order valence-electron chi connectivity index (χ4n) is 2.38. The van der Waals surface area contributed by atoms with Crippen molar-refractivity contribution >= 4 is 11.9 Å². The first-order valence-corrected chi connectivity index (χ1v) is 6.82. The van der Waals surface area contributed by atoms with E-state index in [-0.39, 0.29) is 11.5 Å². The SMILES string of the molecule is Cn1ncc(C(=O)O)c1CNCCC(=O)N1CCCC1. The van der Waals surface area contributed by atoms with E-state index in [1.54, 1.807) is 11.7 Å². The molecule has 2 N–H and O–H groups in total. The van der Waals surface area contributed by atoms with E-state index in [2.05, 4.69) is 10.4 Å². The van der Waals surface area contributed by atoms with Crippen LogP contribution in [0.2, 0.25) is 0 Å². The molecule has 1 saturated heterocycles. The van der Waals surface area contributed by atoms with Gasteiger partial charge in [-0.3, -0.25) is 9.48 Å². The Morgan fingerprint density at radius 1 is 1.40 bits per heavy atom. The van der Waals surface area contributed by atoms with Gasteiger partial charge in [0, 0.05) is 39.6 Å². The Morgan fingerprint density at radius 2 is 2.10 bits per heavy atom. The summed E-state index contributed by atoms with van der Waals surface area (Å²) in [5.74, 6) is -0.818. The normalized spacial score (nSPS) is 14.8. The lowest BCUT2D eigenvalue weighted by molar-refractivity contribution is -0.130. The first kappa shape index (κ1) is 14.5. The molecular formula is C13H20N4O3. The minimum absolute atomic E-state index is 0.165. The largest absolute Gasteiger partial charge is 0.478 e. The Morgan fingerprint density at radius 3 is 2.75 bits per heavy atom. The summed E-state index contributed by atoms with van der Waals surface area (Å²) in [7, 11) is 1.71. The molecule has 2 rings (SSSR count). The second-order valence-corrected chi connectivity index (χ2v) is 4.95. The molecule has 2 heterocycles. The number of carbonyl (C=O) groups excluding carboxylic acids is 1. The van der Waals surface area contributed by atoms with Crippen molar-refractivity contribution in [3.63, 3.8) is 0 Å². The highest BCUT2D eigenvalue weighted by atomic mass is 16.4. The van der Waals surface area contributed by atoms with E-state index in [9.17, 15) is 9.59 Å². The molecule has 0 aromatic carbocycles. The van der Waals surface area contributed by atoms with Gasteiger partial charge < -0.3 is 15.3 Å². The molecule has 0 aliphatic carbocycles. The van der Waals surface area contributed by atoms with E-state index in [0.29, 0.717) is 25.2 Å². The smallest absolute Gasteiger partial charge is 0.339 e. The van der Waals surface area contributed by atoms with Crippen molar-refractivity contribution in [1.29, 1.82) is 0 Å². The summed E-state index contributed by atoms with van der Waals surface area (Å²) < 4.78 is 1.54. The van der Waals surface area contributed by atoms with Crippen molar-refractivity contribution < 1.29 is 14.7 Å². The average Bonchev–Trinajstić information content (AvgIpc) is 3.04. The fraction of sp³-hybridized carbons (Fsp3) is 0.615. The molecule has 0 atom stereocenters. The highest BCUT2D eigenvalue weighted by molar-refractivity contribution is 5.88. The van der Waals surface area contributed by atoms with Crippen molar-refractivity contribution in [2.24, 2.45) is 7.05 Å². The maximum absolute atomic E-state index is 11.8. The van der Waals surface area contributed by atoms with E-state index in [1.807, 2.05) is 4.90 Å². The number of amides is 1. The first-order valence-electron chi connectivity index (χ1n) is 6.82. The summed E-state index contributed by atoms with van der Waals surface area (Å²) in [5, 5.41) is 16.1. The van der Waals surface area contributed by atoms with Gasteiger partial charge in [-0.05, 0) is 12.8 Å². The number of aromatic nitrogens is 2. The van der Waals surface area contributed by atoms with Crippen molar-refractivity contribution in [1.82, 2.24) is 20.0 Å². The number of aromatic carboxylic acids is 1. The third-order valence-corrected chi connectivity index (χ3v) is 3.56. The molecule has 0 saturated carbocycles. The van der Waals surface area contributed by atoms with Crippen LogP contribution in [-0.4, -0.2) is 51.3 Å². The zero-order valence-electron chi connectivity index (χ0n) is 11.6. The van der Waals surface area contributed by atoms with Crippen molar-refractivity contribution in [3.05, 3.63) is 17.5 Å². The van der Waals surface area contributed by atoms with Gasteiger partial charge in [0.15, 0.2) is 0 Å². The maximum Gasteiger partial charge on any atom is 0.339 e. The third kappa shape index (κ3) is 3.36. The Kier molecular flexibility index (Phi) is 4.73. The molecule has 0 radical (unpaired) electrons. The molecule has 7 nitrogen and oxygen atoms in total. The number of carbonyl (C=O) groups is 2. The second kappa shape index (κ2) is 6.51. The summed E-state index contributed by atoms with van der Waals surface area (Å²) in [6.07, 6.45) is 3.97. The number of nitrogens with one attached hydrogen (secondary N) is 1. The minimum atomic E-state index is -0.983. The molecule has 20 heavy (non-hydrogen) atoms. The van der Waals surface area contributed by atoms with Crippen LogP contribution in [-0.2, 0) is 18.4 Å². The summed E-state index contributed by atoms with van der Waals surface area (Å²) >= 11 is 0. The van der Waals surface area contributed by atoms with E-state index in [1.165, 1.54) is 6.20 Å². The number of hydrogen-bond acceptors (Lipinski definition) is 4. The van der Waals surface area contributed by atoms with Crippen molar-refractivity contribution in [2.75, 3.05) is 19.6 Å². The Bertz CT molecular complexity index is 492. The van der Waals surface area contributed by atoms with Crippen LogP contribution in [0.5, 0.6) is 0 Å². The molecule has 1 fully saturated rings. The standard InChI is InChI=1S/C13H20N4O3/c1-16-11(10(8-15-16)13(19)20)9-14-5-4-12(18)17-6-2-3-7-17/h8,14H,2-7,9H2,1H3,(H,19,20). The number of carboxylic acids is 1. The summed E-state index contributed by atoms with van der Waals surface area (Å²) in [6.45, 7) is 2.67. The van der Waals surface area contributed by atoms with Crippen molar-refractivity contribution in [3.8, 4) is 0 Å². The van der Waals surface area contributed by atoms with Gasteiger partial charge in [0.2, 0.25) is 5.91 Å². The molecular weight excluding hydrogens is 260 g/mol. The monoisotopic (exact) mass is 280 g/mol. The molecule has 1 aliphatic heterocycles. The molecule has 1 aromatic heterocycles. The van der Waals surface area contributed by atoms with E-state index in [0.717, 1.165) is 25.9 Å². The van der Waals surface area contributed by atoms with Crippen LogP contribution in [0, 0.1) is 0 Å². The minimum Gasteiger partial charge on any atom is -0.478 e. The topological polar surface area (TPSA) is 87.5 Å². The van der Waals surface area contributed by atoms with Crippen LogP contribution in [0.25, 0.3) is 0 Å². The van der Waals surface area contributed by atoms with Crippen LogP contribution in [0.15, 0.2) is 6.20 Å². The number of hydrogen-bond donors (Lipinski definition) is 2. The fourth-order valence-corrected chi connectivity index (χ4v) is 2.38. The molecule has 1 aliphatic rings. The van der Waals surface area contributed by atoms with Crippen LogP contribution in [0.4, 0.5) is 0 Å². The van der Waals surface area contributed by atoms with Gasteiger partial charge in [0.05, 0.1) is 11.9 Å². The summed E-state index contributed by atoms with van der Waals surface area (Å²) in [6, 6.07) is 0. The van der Waals surface area contributed by atoms with Gasteiger partial charge in [0.1, 0.15) is 5.56 Å². The maximum atomic E-state index is 11.8. The lowest BCUT2D eigenvalue weighted by atomic mass is 10.2. The van der Waals surface area contributed by atoms with Gasteiger partial charge >= 0.3 is 5.97 Å². The van der Waals surface area contributed by atoms with Crippen LogP contribution in [0.1, 0.15) is 35.3 Å². The highest BCUT2D eigenvalue weighted by Crippen LogP contribution is 2.09. The van der Waals surface area contributed by atoms with Crippen LogP contribution < -0.4 is 5.32 Å². The van der Waals surface area contributed by atoms with Crippen LogP contribution in [0.3, 0.4) is 0 Å². The molecule has 0 bridgehead atoms. The quantitative estimate of drug-likeness (QED) is 0.728. The van der Waals surface area contributed by atoms with Gasteiger partial charge in [-0.15, -0.1) is 0 Å². The number of rotatable bonds is 6. The third-order valence-electron chi connectivity index (χ3n) is 3.56. The van der Waals surface area contributed by atoms with Crippen LogP contribution >= 0.6 is 0 Å². The number of likely N-dealkylation sites (tertiary alicyclic amines) is 1. The Balaban J connectivity index is 1.77. The molecule has 110 valence electrons. The predicted octanol–water partition coefficient (Wildman–Crippen LogP) is 0.220. The van der Waals surface area contributed by atoms with E-state index >= 15 is 0 Å². The second-order valence-electron chi connectivity index (χ2n) is 4.95. The number of nitrogens with zero attached hydrogens (tertiary/aromatic N) is 3. The van der Waals surface area contributed by atoms with Gasteiger partial charge in [0.25, 0.3) is 0 Å². The van der Waals surface area contributed by atoms with Gasteiger partial charge in [-0.1, -0.05) is 0 Å². The molecule has 7 heteroatoms. The number of aryl methyl sites for hydroxylation is 1. The highest BCUT2D eigenvalue weighted by Gasteiger charge is 2.18. The zero-order chi connectivity index (χ0) is 14.5. The molecule has 0 spiro atoms. The average molecular weight is 280 g/mol. The predicted molar refractivity (Wildman–Crippen MR) is 72.3 cm³/mol. The Labute approximate surface area is 117 Å². The lowest BCUT2D eigenvalue weighted by Gasteiger charge is -2.15. The molecule has 1 amide bonds. The van der Waals surface area contributed by atoms with Gasteiger partial charge in [-0.25, -0.2) is 4.79 Å². The summed E-state index contributed by atoms with van der Waals surface area (Å²) in [5.41, 5.74) is 0.817. The first-order chi connectivity index (χ1) is 9.59. The molecule has 0 unspecified atom stereocenters. The lowest BCUT2D eigenvalue weighted by Crippen LogP contribution is -2.30. The van der Waals surface area contributed by atoms with E-state index in [4.69, 9.17) is 5.11 Å². The van der Waals surface area contributed by atoms with E-state index < -0.39 is 5.97 Å². The summed E-state index contributed by atoms with van der Waals surface area (Å²) in [4.78, 5) is 24.7. The van der Waals surface area contributed by atoms with Crippen molar-refractivity contribution in [2.45, 2.75) is 25.8 Å². The van der Waals surface area contributed by atoms with Gasteiger partial charge in [-0.2, -0.15) is 5.10 Å².